The second kappa shape index (κ2) is 4.52. The monoisotopic (exact) mass is 210 g/mol. The fourth-order valence-corrected chi connectivity index (χ4v) is 2.79. The summed E-state index contributed by atoms with van der Waals surface area (Å²) in [4.78, 5) is 16.4. The first-order chi connectivity index (χ1) is 7.18. The van der Waals surface area contributed by atoms with Crippen LogP contribution in [-0.4, -0.2) is 48.9 Å². The van der Waals surface area contributed by atoms with Crippen molar-refractivity contribution in [1.82, 2.24) is 9.80 Å². The smallest absolute Gasteiger partial charge is 0.225 e. The third-order valence-corrected chi connectivity index (χ3v) is 3.91. The summed E-state index contributed by atoms with van der Waals surface area (Å²) in [7, 11) is 4.21. The molecule has 0 aromatic carbocycles. The zero-order valence-corrected chi connectivity index (χ0v) is 9.91. The standard InChI is InChI=1S/C12H22N2O/c1-13(2)11-7-8-14(9-11)12(15)10-5-3-4-6-10/h10-11H,3-9H2,1-2H3. The summed E-state index contributed by atoms with van der Waals surface area (Å²) in [6.45, 7) is 1.92. The van der Waals surface area contributed by atoms with Gasteiger partial charge < -0.3 is 9.80 Å². The zero-order valence-electron chi connectivity index (χ0n) is 9.91. The van der Waals surface area contributed by atoms with Gasteiger partial charge in [0.1, 0.15) is 0 Å². The average Bonchev–Trinajstić information content (AvgIpc) is 2.88. The van der Waals surface area contributed by atoms with Crippen molar-refractivity contribution in [3.8, 4) is 0 Å². The largest absolute Gasteiger partial charge is 0.341 e. The molecule has 0 aromatic rings. The number of amides is 1. The van der Waals surface area contributed by atoms with Gasteiger partial charge in [0.2, 0.25) is 5.91 Å². The van der Waals surface area contributed by atoms with Gasteiger partial charge in [-0.1, -0.05) is 12.8 Å². The van der Waals surface area contributed by atoms with Crippen molar-refractivity contribution in [2.24, 2.45) is 5.92 Å². The molecule has 1 amide bonds. The maximum absolute atomic E-state index is 12.1. The highest BCUT2D eigenvalue weighted by Crippen LogP contribution is 2.28. The molecule has 86 valence electrons. The molecule has 1 atom stereocenters. The molecule has 0 N–H and O–H groups in total. The normalized spacial score (nSPS) is 27.9. The van der Waals surface area contributed by atoms with Crippen molar-refractivity contribution in [3.63, 3.8) is 0 Å². The van der Waals surface area contributed by atoms with Gasteiger partial charge in [-0.05, 0) is 33.4 Å². The van der Waals surface area contributed by atoms with E-state index in [9.17, 15) is 4.79 Å². The number of rotatable bonds is 2. The molecule has 3 nitrogen and oxygen atoms in total. The lowest BCUT2D eigenvalue weighted by molar-refractivity contribution is -0.134. The molecule has 1 unspecified atom stereocenters. The van der Waals surface area contributed by atoms with Crippen LogP contribution in [0.3, 0.4) is 0 Å². The molecule has 3 heteroatoms. The van der Waals surface area contributed by atoms with E-state index in [1.807, 2.05) is 0 Å². The van der Waals surface area contributed by atoms with E-state index >= 15 is 0 Å². The Labute approximate surface area is 92.4 Å². The third-order valence-electron chi connectivity index (χ3n) is 3.91. The number of hydrogen-bond acceptors (Lipinski definition) is 2. The molecule has 0 spiro atoms. The van der Waals surface area contributed by atoms with Gasteiger partial charge in [-0.2, -0.15) is 0 Å². The zero-order chi connectivity index (χ0) is 10.8. The number of carbonyl (C=O) groups is 1. The molecule has 2 rings (SSSR count). The van der Waals surface area contributed by atoms with E-state index in [1.165, 1.54) is 12.8 Å². The summed E-state index contributed by atoms with van der Waals surface area (Å²) < 4.78 is 0. The predicted molar refractivity (Wildman–Crippen MR) is 60.6 cm³/mol. The Balaban J connectivity index is 1.87. The molecule has 1 heterocycles. The molecule has 0 radical (unpaired) electrons. The minimum atomic E-state index is 0.353. The summed E-state index contributed by atoms with van der Waals surface area (Å²) in [5.74, 6) is 0.780. The summed E-state index contributed by atoms with van der Waals surface area (Å²) in [5, 5.41) is 0. The van der Waals surface area contributed by atoms with Gasteiger partial charge in [0.25, 0.3) is 0 Å². The minimum Gasteiger partial charge on any atom is -0.341 e. The lowest BCUT2D eigenvalue weighted by Gasteiger charge is -2.22. The Morgan fingerprint density at radius 2 is 1.87 bits per heavy atom. The Kier molecular flexibility index (Phi) is 3.29. The van der Waals surface area contributed by atoms with Crippen molar-refractivity contribution in [2.75, 3.05) is 27.2 Å². The molecule has 1 aliphatic carbocycles. The SMILES string of the molecule is CN(C)C1CCN(C(=O)C2CCCC2)C1. The number of likely N-dealkylation sites (tertiary alicyclic amines) is 1. The van der Waals surface area contributed by atoms with Crippen molar-refractivity contribution in [2.45, 2.75) is 38.1 Å². The Morgan fingerprint density at radius 3 is 2.40 bits per heavy atom. The fourth-order valence-electron chi connectivity index (χ4n) is 2.79. The molecule has 1 saturated carbocycles. The summed E-state index contributed by atoms with van der Waals surface area (Å²) >= 11 is 0. The van der Waals surface area contributed by atoms with Crippen LogP contribution < -0.4 is 0 Å². The van der Waals surface area contributed by atoms with Gasteiger partial charge in [0.15, 0.2) is 0 Å². The van der Waals surface area contributed by atoms with Gasteiger partial charge in [-0.25, -0.2) is 0 Å². The molecule has 1 aliphatic heterocycles. The summed E-state index contributed by atoms with van der Waals surface area (Å²) in [6, 6.07) is 0.579. The van der Waals surface area contributed by atoms with Crippen molar-refractivity contribution < 1.29 is 4.79 Å². The number of likely N-dealkylation sites (N-methyl/N-ethyl adjacent to an activating group) is 1. The molecule has 0 aromatic heterocycles. The number of hydrogen-bond donors (Lipinski definition) is 0. The van der Waals surface area contributed by atoms with E-state index in [2.05, 4.69) is 23.9 Å². The number of carbonyl (C=O) groups excluding carboxylic acids is 1. The third kappa shape index (κ3) is 2.33. The summed E-state index contributed by atoms with van der Waals surface area (Å²) in [6.07, 6.45) is 5.90. The van der Waals surface area contributed by atoms with Crippen molar-refractivity contribution in [3.05, 3.63) is 0 Å². The van der Waals surface area contributed by atoms with Crippen molar-refractivity contribution >= 4 is 5.91 Å². The average molecular weight is 210 g/mol. The minimum absolute atomic E-state index is 0.353. The second-order valence-corrected chi connectivity index (χ2v) is 5.17. The number of nitrogens with zero attached hydrogens (tertiary/aromatic N) is 2. The van der Waals surface area contributed by atoms with Crippen LogP contribution in [0, 0.1) is 5.92 Å². The molecule has 2 aliphatic rings. The van der Waals surface area contributed by atoms with Crippen LogP contribution in [-0.2, 0) is 4.79 Å². The van der Waals surface area contributed by atoms with Crippen LogP contribution in [0.15, 0.2) is 0 Å². The molecular formula is C12H22N2O. The fraction of sp³-hybridized carbons (Fsp3) is 0.917. The first kappa shape index (κ1) is 10.9. The van der Waals surface area contributed by atoms with E-state index in [0.29, 0.717) is 17.9 Å². The predicted octanol–water partition coefficient (Wildman–Crippen LogP) is 1.34. The van der Waals surface area contributed by atoms with Crippen LogP contribution in [0.1, 0.15) is 32.1 Å². The van der Waals surface area contributed by atoms with Crippen LogP contribution in [0.2, 0.25) is 0 Å². The van der Waals surface area contributed by atoms with Crippen molar-refractivity contribution in [1.29, 1.82) is 0 Å². The highest BCUT2D eigenvalue weighted by atomic mass is 16.2. The topological polar surface area (TPSA) is 23.6 Å². The second-order valence-electron chi connectivity index (χ2n) is 5.17. The van der Waals surface area contributed by atoms with E-state index in [1.54, 1.807) is 0 Å². The summed E-state index contributed by atoms with van der Waals surface area (Å²) in [5.41, 5.74) is 0. The Bertz CT molecular complexity index is 234. The molecule has 2 fully saturated rings. The van der Waals surface area contributed by atoms with Gasteiger partial charge in [-0.15, -0.1) is 0 Å². The van der Waals surface area contributed by atoms with Gasteiger partial charge in [0, 0.05) is 25.0 Å². The van der Waals surface area contributed by atoms with Crippen LogP contribution >= 0.6 is 0 Å². The van der Waals surface area contributed by atoms with E-state index < -0.39 is 0 Å². The van der Waals surface area contributed by atoms with E-state index in [4.69, 9.17) is 0 Å². The Hall–Kier alpha value is -0.570. The van der Waals surface area contributed by atoms with E-state index in [-0.39, 0.29) is 0 Å². The van der Waals surface area contributed by atoms with Crippen LogP contribution in [0.25, 0.3) is 0 Å². The highest BCUT2D eigenvalue weighted by molar-refractivity contribution is 5.79. The lowest BCUT2D eigenvalue weighted by atomic mass is 10.1. The Morgan fingerprint density at radius 1 is 1.20 bits per heavy atom. The molecule has 0 bridgehead atoms. The first-order valence-corrected chi connectivity index (χ1v) is 6.13. The van der Waals surface area contributed by atoms with Crippen LogP contribution in [0.5, 0.6) is 0 Å². The molecule has 15 heavy (non-hydrogen) atoms. The maximum atomic E-state index is 12.1. The molecule has 1 saturated heterocycles. The quantitative estimate of drug-likeness (QED) is 0.686. The molecular weight excluding hydrogens is 188 g/mol. The van der Waals surface area contributed by atoms with Crippen LogP contribution in [0.4, 0.5) is 0 Å². The first-order valence-electron chi connectivity index (χ1n) is 6.13. The highest BCUT2D eigenvalue weighted by Gasteiger charge is 2.32. The van der Waals surface area contributed by atoms with Gasteiger partial charge >= 0.3 is 0 Å². The van der Waals surface area contributed by atoms with Gasteiger partial charge in [0.05, 0.1) is 0 Å². The maximum Gasteiger partial charge on any atom is 0.225 e. The van der Waals surface area contributed by atoms with Gasteiger partial charge in [-0.3, -0.25) is 4.79 Å². The lowest BCUT2D eigenvalue weighted by Crippen LogP contribution is -2.37. The van der Waals surface area contributed by atoms with E-state index in [0.717, 1.165) is 32.4 Å².